The summed E-state index contributed by atoms with van der Waals surface area (Å²) in [6, 6.07) is 0. The van der Waals surface area contributed by atoms with Gasteiger partial charge in [0.15, 0.2) is 0 Å². The van der Waals surface area contributed by atoms with Crippen LogP contribution in [0.4, 0.5) is 0 Å². The Hall–Kier alpha value is -0.790. The summed E-state index contributed by atoms with van der Waals surface area (Å²) in [4.78, 5) is 7.40. The number of nitrogens with zero attached hydrogens (tertiary/aromatic N) is 2. The molecular weight excluding hydrogens is 376 g/mol. The van der Waals surface area contributed by atoms with Gasteiger partial charge in [0.2, 0.25) is 0 Å². The molecule has 0 atom stereocenters. The fraction of sp³-hybridized carbons (Fsp3) is 0.897. The van der Waals surface area contributed by atoms with Crippen molar-refractivity contribution in [1.82, 2.24) is 4.90 Å². The summed E-state index contributed by atoms with van der Waals surface area (Å²) in [5, 5.41) is 0. The predicted molar refractivity (Wildman–Crippen MR) is 143 cm³/mol. The topological polar surface area (TPSA) is 15.6 Å². The van der Waals surface area contributed by atoms with Crippen molar-refractivity contribution in [2.24, 2.45) is 4.99 Å². The van der Waals surface area contributed by atoms with E-state index in [1.165, 1.54) is 154 Å². The minimum absolute atomic E-state index is 1.05. The number of rotatable bonds is 22. The van der Waals surface area contributed by atoms with Gasteiger partial charge in [0, 0.05) is 19.5 Å². The Morgan fingerprint density at radius 2 is 0.968 bits per heavy atom. The number of unbranched alkanes of at least 4 members (excludes halogenated alkanes) is 18. The van der Waals surface area contributed by atoms with Crippen LogP contribution in [-0.2, 0) is 0 Å². The van der Waals surface area contributed by atoms with Crippen molar-refractivity contribution in [3.63, 3.8) is 0 Å². The largest absolute Gasteiger partial charge is 0.359 e. The summed E-state index contributed by atoms with van der Waals surface area (Å²) in [6.07, 6.45) is 29.8. The Balaban J connectivity index is 0.00000436. The van der Waals surface area contributed by atoms with Gasteiger partial charge in [0.25, 0.3) is 0 Å². The van der Waals surface area contributed by atoms with Crippen molar-refractivity contribution in [2.45, 2.75) is 149 Å². The lowest BCUT2D eigenvalue weighted by Crippen LogP contribution is -2.28. The first kappa shape index (κ1) is 30.2. The second-order valence-corrected chi connectivity index (χ2v) is 9.40. The second-order valence-electron chi connectivity index (χ2n) is 9.40. The van der Waals surface area contributed by atoms with Crippen LogP contribution in [0.2, 0.25) is 0 Å². The van der Waals surface area contributed by atoms with Gasteiger partial charge < -0.3 is 4.90 Å². The van der Waals surface area contributed by atoms with E-state index < -0.39 is 0 Å². The average Bonchev–Trinajstić information content (AvgIpc) is 3.25. The monoisotopic (exact) mass is 434 g/mol. The zero-order valence-corrected chi connectivity index (χ0v) is 21.8. The van der Waals surface area contributed by atoms with Gasteiger partial charge in [-0.2, -0.15) is 0 Å². The van der Waals surface area contributed by atoms with E-state index in [9.17, 15) is 0 Å². The SMILES string of the molecule is C=C.CCCCCCCCCCCCC1=NCCN1CCCCCCCCCCCC. The van der Waals surface area contributed by atoms with Crippen molar-refractivity contribution in [2.75, 3.05) is 19.6 Å². The van der Waals surface area contributed by atoms with Gasteiger partial charge in [-0.1, -0.05) is 129 Å². The third-order valence-electron chi connectivity index (χ3n) is 6.56. The van der Waals surface area contributed by atoms with Crippen molar-refractivity contribution in [3.05, 3.63) is 13.2 Å². The normalized spacial score (nSPS) is 13.2. The molecule has 1 rings (SSSR count). The molecule has 184 valence electrons. The molecule has 1 aliphatic heterocycles. The lowest BCUT2D eigenvalue weighted by atomic mass is 10.1. The Kier molecular flexibility index (Phi) is 24.8. The molecule has 0 N–H and O–H groups in total. The smallest absolute Gasteiger partial charge is 0.0990 e. The van der Waals surface area contributed by atoms with Crippen molar-refractivity contribution >= 4 is 5.84 Å². The van der Waals surface area contributed by atoms with Crippen LogP contribution in [0, 0.1) is 0 Å². The first-order valence-electron chi connectivity index (χ1n) is 14.2. The summed E-state index contributed by atoms with van der Waals surface area (Å²) in [6.45, 7) is 14.1. The molecule has 0 amide bonds. The summed E-state index contributed by atoms with van der Waals surface area (Å²) in [7, 11) is 0. The fourth-order valence-electron chi connectivity index (χ4n) is 4.57. The molecular formula is C29H58N2. The summed E-state index contributed by atoms with van der Waals surface area (Å²) in [5.41, 5.74) is 0. The Bertz CT molecular complexity index is 377. The third kappa shape index (κ3) is 19.6. The van der Waals surface area contributed by atoms with Crippen molar-refractivity contribution in [1.29, 1.82) is 0 Å². The lowest BCUT2D eigenvalue weighted by molar-refractivity contribution is 0.421. The van der Waals surface area contributed by atoms with Crippen molar-refractivity contribution < 1.29 is 0 Å². The molecule has 0 saturated heterocycles. The highest BCUT2D eigenvalue weighted by Gasteiger charge is 2.15. The molecule has 1 aliphatic rings. The zero-order valence-electron chi connectivity index (χ0n) is 21.8. The highest BCUT2D eigenvalue weighted by atomic mass is 15.2. The molecule has 0 unspecified atom stereocenters. The Labute approximate surface area is 197 Å². The van der Waals surface area contributed by atoms with E-state index in [-0.39, 0.29) is 0 Å². The Morgan fingerprint density at radius 1 is 0.581 bits per heavy atom. The van der Waals surface area contributed by atoms with Crippen LogP contribution in [-0.4, -0.2) is 30.4 Å². The van der Waals surface area contributed by atoms with E-state index in [4.69, 9.17) is 4.99 Å². The van der Waals surface area contributed by atoms with Gasteiger partial charge in [-0.15, -0.1) is 13.2 Å². The van der Waals surface area contributed by atoms with Crippen molar-refractivity contribution in [3.8, 4) is 0 Å². The lowest BCUT2D eigenvalue weighted by Gasteiger charge is -2.20. The Morgan fingerprint density at radius 3 is 1.42 bits per heavy atom. The predicted octanol–water partition coefficient (Wildman–Crippen LogP) is 9.73. The molecule has 1 heterocycles. The van der Waals surface area contributed by atoms with Crippen LogP contribution in [0.3, 0.4) is 0 Å². The highest BCUT2D eigenvalue weighted by molar-refractivity contribution is 5.83. The zero-order chi connectivity index (χ0) is 22.8. The molecule has 0 aromatic carbocycles. The quantitative estimate of drug-likeness (QED) is 0.122. The molecule has 31 heavy (non-hydrogen) atoms. The molecule has 2 heteroatoms. The van der Waals surface area contributed by atoms with Gasteiger partial charge >= 0.3 is 0 Å². The first-order valence-corrected chi connectivity index (χ1v) is 14.2. The van der Waals surface area contributed by atoms with E-state index in [2.05, 4.69) is 31.9 Å². The van der Waals surface area contributed by atoms with Crippen LogP contribution in [0.1, 0.15) is 149 Å². The minimum atomic E-state index is 1.05. The van der Waals surface area contributed by atoms with Gasteiger partial charge in [0.05, 0.1) is 12.4 Å². The van der Waals surface area contributed by atoms with E-state index >= 15 is 0 Å². The van der Waals surface area contributed by atoms with Crippen LogP contribution < -0.4 is 0 Å². The maximum absolute atomic E-state index is 4.80. The molecule has 0 radical (unpaired) electrons. The summed E-state index contributed by atoms with van der Waals surface area (Å²) < 4.78 is 0. The average molecular weight is 435 g/mol. The van der Waals surface area contributed by atoms with Gasteiger partial charge in [-0.25, -0.2) is 0 Å². The number of hydrogen-bond donors (Lipinski definition) is 0. The standard InChI is InChI=1S/C27H54N2.C2H4/c1-3-5-7-9-11-13-15-17-19-21-23-27-28-24-26-29(27)25-22-20-18-16-14-12-10-8-6-4-2;1-2/h3-26H2,1-2H3;1-2H2. The van der Waals surface area contributed by atoms with E-state index in [0.717, 1.165) is 6.54 Å². The van der Waals surface area contributed by atoms with Crippen LogP contribution in [0.15, 0.2) is 18.2 Å². The molecule has 0 aromatic rings. The second kappa shape index (κ2) is 25.5. The number of aliphatic imine (C=N–C) groups is 1. The molecule has 0 bridgehead atoms. The maximum Gasteiger partial charge on any atom is 0.0990 e. The van der Waals surface area contributed by atoms with Crippen LogP contribution in [0.5, 0.6) is 0 Å². The van der Waals surface area contributed by atoms with Crippen LogP contribution >= 0.6 is 0 Å². The highest BCUT2D eigenvalue weighted by Crippen LogP contribution is 2.15. The van der Waals surface area contributed by atoms with E-state index in [1.54, 1.807) is 0 Å². The number of amidine groups is 1. The van der Waals surface area contributed by atoms with E-state index in [1.807, 2.05) is 0 Å². The molecule has 0 saturated carbocycles. The fourth-order valence-corrected chi connectivity index (χ4v) is 4.57. The maximum atomic E-state index is 4.80. The molecule has 0 spiro atoms. The number of hydrogen-bond acceptors (Lipinski definition) is 2. The van der Waals surface area contributed by atoms with Gasteiger partial charge in [0.1, 0.15) is 0 Å². The van der Waals surface area contributed by atoms with E-state index in [0.29, 0.717) is 0 Å². The van der Waals surface area contributed by atoms with Gasteiger partial charge in [-0.05, 0) is 12.8 Å². The van der Waals surface area contributed by atoms with Gasteiger partial charge in [-0.3, -0.25) is 4.99 Å². The molecule has 2 nitrogen and oxygen atoms in total. The first-order chi connectivity index (χ1) is 15.4. The summed E-state index contributed by atoms with van der Waals surface area (Å²) >= 11 is 0. The summed E-state index contributed by atoms with van der Waals surface area (Å²) in [5.74, 6) is 1.43. The van der Waals surface area contributed by atoms with Crippen LogP contribution in [0.25, 0.3) is 0 Å². The molecule has 0 fully saturated rings. The third-order valence-corrected chi connectivity index (χ3v) is 6.56. The molecule has 0 aromatic heterocycles. The molecule has 0 aliphatic carbocycles. The minimum Gasteiger partial charge on any atom is -0.359 e.